The number of aliphatic hydroxyl groups excluding tert-OH is 1. The van der Waals surface area contributed by atoms with Crippen LogP contribution in [0.4, 0.5) is 0 Å². The molecule has 1 saturated carbocycles. The topological polar surface area (TPSA) is 32.3 Å². The zero-order valence-corrected chi connectivity index (χ0v) is 12.4. The number of hydrogen-bond donors (Lipinski definition) is 2. The van der Waals surface area contributed by atoms with Gasteiger partial charge in [0, 0.05) is 27.8 Å². The van der Waals surface area contributed by atoms with E-state index in [-0.39, 0.29) is 11.4 Å². The summed E-state index contributed by atoms with van der Waals surface area (Å²) in [7, 11) is 0. The van der Waals surface area contributed by atoms with Gasteiger partial charge >= 0.3 is 0 Å². The maximum Gasteiger partial charge on any atom is 0.0631 e. The summed E-state index contributed by atoms with van der Waals surface area (Å²) in [4.78, 5) is 1.21. The van der Waals surface area contributed by atoms with Crippen LogP contribution in [0, 0.1) is 0 Å². The Labute approximate surface area is 118 Å². The molecule has 2 N–H and O–H groups in total. The fourth-order valence-corrected chi connectivity index (χ4v) is 2.86. The molecule has 100 valence electrons. The minimum absolute atomic E-state index is 0.186. The molecule has 2 nitrogen and oxygen atoms in total. The SMILES string of the molecule is CC(O)C(C)Sc1ccc(Cl)cc1CNC1CC1. The molecule has 1 fully saturated rings. The normalized spacial score (nSPS) is 18.7. The maximum atomic E-state index is 9.59. The lowest BCUT2D eigenvalue weighted by molar-refractivity contribution is 0.196. The minimum Gasteiger partial charge on any atom is -0.392 e. The van der Waals surface area contributed by atoms with Crippen LogP contribution in [0.2, 0.25) is 5.02 Å². The predicted octanol–water partition coefficient (Wildman–Crippen LogP) is 3.45. The van der Waals surface area contributed by atoms with Gasteiger partial charge in [-0.3, -0.25) is 0 Å². The van der Waals surface area contributed by atoms with Crippen molar-refractivity contribution in [2.75, 3.05) is 0 Å². The van der Waals surface area contributed by atoms with E-state index in [9.17, 15) is 5.11 Å². The summed E-state index contributed by atoms with van der Waals surface area (Å²) in [6, 6.07) is 6.68. The van der Waals surface area contributed by atoms with Crippen LogP contribution in [0.25, 0.3) is 0 Å². The number of benzene rings is 1. The maximum absolute atomic E-state index is 9.59. The molecule has 0 aliphatic heterocycles. The first kappa shape index (κ1) is 14.2. The summed E-state index contributed by atoms with van der Waals surface area (Å²) in [5.41, 5.74) is 1.23. The van der Waals surface area contributed by atoms with Crippen LogP contribution in [0.5, 0.6) is 0 Å². The zero-order chi connectivity index (χ0) is 13.1. The van der Waals surface area contributed by atoms with Crippen molar-refractivity contribution < 1.29 is 5.11 Å². The summed E-state index contributed by atoms with van der Waals surface area (Å²) < 4.78 is 0. The average molecular weight is 286 g/mol. The largest absolute Gasteiger partial charge is 0.392 e. The second kappa shape index (κ2) is 6.29. The molecule has 1 aliphatic carbocycles. The molecule has 2 rings (SSSR count). The Hall–Kier alpha value is -0.220. The second-order valence-electron chi connectivity index (χ2n) is 4.97. The van der Waals surface area contributed by atoms with Crippen LogP contribution < -0.4 is 5.32 Å². The number of rotatable bonds is 6. The molecule has 2 unspecified atom stereocenters. The highest BCUT2D eigenvalue weighted by atomic mass is 35.5. The van der Waals surface area contributed by atoms with Gasteiger partial charge in [0.25, 0.3) is 0 Å². The van der Waals surface area contributed by atoms with Gasteiger partial charge in [-0.2, -0.15) is 0 Å². The molecule has 0 spiro atoms. The standard InChI is InChI=1S/C14H20ClNOS/c1-9(17)10(2)18-14-6-3-12(15)7-11(14)8-16-13-4-5-13/h3,6-7,9-10,13,16-17H,4-5,8H2,1-2H3. The molecule has 0 aromatic heterocycles. The third kappa shape index (κ3) is 4.16. The van der Waals surface area contributed by atoms with Gasteiger partial charge < -0.3 is 10.4 Å². The molecule has 18 heavy (non-hydrogen) atoms. The van der Waals surface area contributed by atoms with Crippen LogP contribution in [0.3, 0.4) is 0 Å². The van der Waals surface area contributed by atoms with Crippen molar-refractivity contribution in [1.29, 1.82) is 0 Å². The van der Waals surface area contributed by atoms with E-state index in [2.05, 4.69) is 11.4 Å². The number of aliphatic hydroxyl groups is 1. The molecular formula is C14H20ClNOS. The lowest BCUT2D eigenvalue weighted by atomic mass is 10.2. The third-order valence-electron chi connectivity index (χ3n) is 3.17. The Morgan fingerprint density at radius 3 is 2.78 bits per heavy atom. The van der Waals surface area contributed by atoms with E-state index in [1.807, 2.05) is 26.0 Å². The van der Waals surface area contributed by atoms with E-state index >= 15 is 0 Å². The van der Waals surface area contributed by atoms with Crippen molar-refractivity contribution in [1.82, 2.24) is 5.32 Å². The molecule has 0 bridgehead atoms. The van der Waals surface area contributed by atoms with E-state index in [0.717, 1.165) is 11.6 Å². The van der Waals surface area contributed by atoms with E-state index in [4.69, 9.17) is 11.6 Å². The van der Waals surface area contributed by atoms with Gasteiger partial charge in [0.1, 0.15) is 0 Å². The van der Waals surface area contributed by atoms with Crippen LogP contribution in [0.1, 0.15) is 32.3 Å². The first-order valence-electron chi connectivity index (χ1n) is 6.43. The second-order valence-corrected chi connectivity index (χ2v) is 6.83. The smallest absolute Gasteiger partial charge is 0.0631 e. The van der Waals surface area contributed by atoms with E-state index in [0.29, 0.717) is 6.04 Å². The van der Waals surface area contributed by atoms with Gasteiger partial charge in [-0.05, 0) is 43.5 Å². The van der Waals surface area contributed by atoms with Crippen molar-refractivity contribution in [2.45, 2.75) is 55.5 Å². The lowest BCUT2D eigenvalue weighted by Crippen LogP contribution is -2.18. The molecular weight excluding hydrogens is 266 g/mol. The molecule has 1 aliphatic rings. The first-order chi connectivity index (χ1) is 8.56. The molecule has 0 radical (unpaired) electrons. The van der Waals surface area contributed by atoms with Gasteiger partial charge in [-0.25, -0.2) is 0 Å². The van der Waals surface area contributed by atoms with Gasteiger partial charge in [0.05, 0.1) is 6.10 Å². The zero-order valence-electron chi connectivity index (χ0n) is 10.8. The van der Waals surface area contributed by atoms with Crippen LogP contribution >= 0.6 is 23.4 Å². The summed E-state index contributed by atoms with van der Waals surface area (Å²) in [5, 5.41) is 14.1. The molecule has 4 heteroatoms. The van der Waals surface area contributed by atoms with Crippen molar-refractivity contribution in [2.24, 2.45) is 0 Å². The van der Waals surface area contributed by atoms with Crippen molar-refractivity contribution in [3.8, 4) is 0 Å². The van der Waals surface area contributed by atoms with Crippen LogP contribution in [-0.4, -0.2) is 22.5 Å². The quantitative estimate of drug-likeness (QED) is 0.785. The summed E-state index contributed by atoms with van der Waals surface area (Å²) in [5.74, 6) is 0. The number of hydrogen-bond acceptors (Lipinski definition) is 3. The van der Waals surface area contributed by atoms with Crippen molar-refractivity contribution >= 4 is 23.4 Å². The Kier molecular flexibility index (Phi) is 4.96. The molecule has 1 aromatic rings. The Morgan fingerprint density at radius 1 is 1.44 bits per heavy atom. The van der Waals surface area contributed by atoms with E-state index in [1.165, 1.54) is 23.3 Å². The minimum atomic E-state index is -0.310. The fraction of sp³-hybridized carbons (Fsp3) is 0.571. The van der Waals surface area contributed by atoms with Gasteiger partial charge in [0.2, 0.25) is 0 Å². The molecule has 1 aromatic carbocycles. The van der Waals surface area contributed by atoms with E-state index in [1.54, 1.807) is 11.8 Å². The van der Waals surface area contributed by atoms with Crippen molar-refractivity contribution in [3.05, 3.63) is 28.8 Å². The predicted molar refractivity (Wildman–Crippen MR) is 78.3 cm³/mol. The number of nitrogens with one attached hydrogen (secondary N) is 1. The first-order valence-corrected chi connectivity index (χ1v) is 7.68. The highest BCUT2D eigenvalue weighted by Crippen LogP contribution is 2.31. The fourth-order valence-electron chi connectivity index (χ4n) is 1.64. The van der Waals surface area contributed by atoms with Gasteiger partial charge in [0.15, 0.2) is 0 Å². The summed E-state index contributed by atoms with van der Waals surface area (Å²) >= 11 is 7.77. The highest BCUT2D eigenvalue weighted by Gasteiger charge is 2.21. The monoisotopic (exact) mass is 285 g/mol. The molecule has 0 saturated heterocycles. The van der Waals surface area contributed by atoms with E-state index < -0.39 is 0 Å². The van der Waals surface area contributed by atoms with Crippen LogP contribution in [-0.2, 0) is 6.54 Å². The Bertz CT molecular complexity index is 407. The lowest BCUT2D eigenvalue weighted by Gasteiger charge is -2.17. The number of thioether (sulfide) groups is 1. The Balaban J connectivity index is 2.06. The third-order valence-corrected chi connectivity index (χ3v) is 4.83. The summed E-state index contributed by atoms with van der Waals surface area (Å²) in [6.45, 7) is 4.73. The van der Waals surface area contributed by atoms with Gasteiger partial charge in [-0.15, -0.1) is 11.8 Å². The molecule has 2 atom stereocenters. The average Bonchev–Trinajstić information content (AvgIpc) is 3.13. The Morgan fingerprint density at radius 2 is 2.17 bits per heavy atom. The van der Waals surface area contributed by atoms with Crippen molar-refractivity contribution in [3.63, 3.8) is 0 Å². The number of halogens is 1. The molecule has 0 heterocycles. The molecule has 0 amide bonds. The van der Waals surface area contributed by atoms with Crippen LogP contribution in [0.15, 0.2) is 23.1 Å². The summed E-state index contributed by atoms with van der Waals surface area (Å²) in [6.07, 6.45) is 2.26. The highest BCUT2D eigenvalue weighted by molar-refractivity contribution is 8.00. The van der Waals surface area contributed by atoms with Gasteiger partial charge in [-0.1, -0.05) is 18.5 Å².